The maximum absolute atomic E-state index is 13.5. The highest BCUT2D eigenvalue weighted by atomic mass is 35.5. The topological polar surface area (TPSA) is 57.6 Å². The third kappa shape index (κ3) is 2.83. The summed E-state index contributed by atoms with van der Waals surface area (Å²) in [5, 5.41) is 8.52. The maximum atomic E-state index is 13.5. The van der Waals surface area contributed by atoms with Crippen LogP contribution in [-0.2, 0) is 4.79 Å². The Morgan fingerprint density at radius 2 is 1.85 bits per heavy atom. The number of Topliss-reactive ketones (excluding diaryl/α,β-unsaturated/α-hetero) is 1. The summed E-state index contributed by atoms with van der Waals surface area (Å²) in [6.07, 6.45) is 3.11. The molecule has 0 bridgehead atoms. The number of anilines is 1. The van der Waals surface area contributed by atoms with Crippen LogP contribution < -0.4 is 4.90 Å². The first-order valence-electron chi connectivity index (χ1n) is 6.52. The summed E-state index contributed by atoms with van der Waals surface area (Å²) < 4.78 is 13.5. The molecule has 0 aliphatic carbocycles. The lowest BCUT2D eigenvalue weighted by Crippen LogP contribution is -2.30. The van der Waals surface area contributed by atoms with E-state index >= 15 is 0 Å². The van der Waals surface area contributed by atoms with E-state index in [4.69, 9.17) is 16.7 Å². The molecule has 108 valence electrons. The van der Waals surface area contributed by atoms with Crippen LogP contribution in [0.15, 0.2) is 12.1 Å². The maximum Gasteiger partial charge on any atom is 0.299 e. The number of aliphatic hydroxyl groups is 1. The number of carbonyl (C=O) groups is 2. The molecular formula is C14H15ClFNO3. The Hall–Kier alpha value is -1.46. The normalized spacial score (nSPS) is 14.1. The summed E-state index contributed by atoms with van der Waals surface area (Å²) in [7, 11) is 0. The van der Waals surface area contributed by atoms with E-state index in [1.165, 1.54) is 11.0 Å². The van der Waals surface area contributed by atoms with Crippen molar-refractivity contribution in [2.75, 3.05) is 18.1 Å². The lowest BCUT2D eigenvalue weighted by atomic mass is 10.1. The monoisotopic (exact) mass is 299 g/mol. The van der Waals surface area contributed by atoms with Crippen LogP contribution in [0.25, 0.3) is 0 Å². The van der Waals surface area contributed by atoms with Crippen molar-refractivity contribution in [1.29, 1.82) is 0 Å². The third-order valence-electron chi connectivity index (χ3n) is 3.30. The fraction of sp³-hybridized carbons (Fsp3) is 0.429. The van der Waals surface area contributed by atoms with Crippen molar-refractivity contribution in [2.24, 2.45) is 0 Å². The third-order valence-corrected chi connectivity index (χ3v) is 3.59. The van der Waals surface area contributed by atoms with Gasteiger partial charge in [0.15, 0.2) is 0 Å². The molecule has 6 heteroatoms. The standard InChI is InChI=1S/C14H15ClFNO3/c15-10-7-9-12(8-11(10)16)17(14(20)13(9)19)5-3-1-2-4-6-18/h7-8,18H,1-6H2. The second-order valence-corrected chi connectivity index (χ2v) is 5.11. The molecule has 1 amide bonds. The zero-order valence-corrected chi connectivity index (χ0v) is 11.6. The number of fused-ring (bicyclic) bond motifs is 1. The molecule has 1 aromatic rings. The van der Waals surface area contributed by atoms with Crippen molar-refractivity contribution >= 4 is 29.0 Å². The highest BCUT2D eigenvalue weighted by Gasteiger charge is 2.36. The first-order chi connectivity index (χ1) is 9.56. The molecule has 1 aromatic carbocycles. The Bertz CT molecular complexity index is 547. The van der Waals surface area contributed by atoms with Gasteiger partial charge in [0, 0.05) is 13.2 Å². The molecule has 1 aliphatic rings. The molecule has 1 heterocycles. The van der Waals surface area contributed by atoms with E-state index in [-0.39, 0.29) is 17.2 Å². The van der Waals surface area contributed by atoms with Gasteiger partial charge in [0.1, 0.15) is 5.82 Å². The summed E-state index contributed by atoms with van der Waals surface area (Å²) in [6, 6.07) is 2.34. The fourth-order valence-electron chi connectivity index (χ4n) is 2.25. The van der Waals surface area contributed by atoms with E-state index in [9.17, 15) is 14.0 Å². The van der Waals surface area contributed by atoms with Crippen LogP contribution in [0.1, 0.15) is 36.0 Å². The highest BCUT2D eigenvalue weighted by molar-refractivity contribution is 6.52. The minimum atomic E-state index is -0.641. The van der Waals surface area contributed by atoms with Crippen LogP contribution in [0.2, 0.25) is 5.02 Å². The fourth-order valence-corrected chi connectivity index (χ4v) is 2.41. The number of unbranched alkanes of at least 4 members (excludes halogenated alkanes) is 3. The molecule has 1 aliphatic heterocycles. The van der Waals surface area contributed by atoms with Crippen molar-refractivity contribution in [2.45, 2.75) is 25.7 Å². The molecule has 0 aromatic heterocycles. The lowest BCUT2D eigenvalue weighted by Gasteiger charge is -2.16. The highest BCUT2D eigenvalue weighted by Crippen LogP contribution is 2.33. The van der Waals surface area contributed by atoms with Gasteiger partial charge in [0.05, 0.1) is 16.3 Å². The van der Waals surface area contributed by atoms with Crippen LogP contribution in [0.4, 0.5) is 10.1 Å². The average molecular weight is 300 g/mol. The second-order valence-electron chi connectivity index (χ2n) is 4.71. The second kappa shape index (κ2) is 6.33. The molecular weight excluding hydrogens is 285 g/mol. The molecule has 0 fully saturated rings. The summed E-state index contributed by atoms with van der Waals surface area (Å²) in [6.45, 7) is 0.512. The predicted octanol–water partition coefficient (Wildman–Crippen LogP) is 2.56. The zero-order valence-electron chi connectivity index (χ0n) is 10.9. The summed E-state index contributed by atoms with van der Waals surface area (Å²) >= 11 is 5.63. The predicted molar refractivity (Wildman–Crippen MR) is 73.6 cm³/mol. The molecule has 0 atom stereocenters. The van der Waals surface area contributed by atoms with E-state index in [0.29, 0.717) is 25.1 Å². The van der Waals surface area contributed by atoms with Crippen LogP contribution in [0.5, 0.6) is 0 Å². The molecule has 0 unspecified atom stereocenters. The van der Waals surface area contributed by atoms with Gasteiger partial charge in [-0.3, -0.25) is 9.59 Å². The van der Waals surface area contributed by atoms with Gasteiger partial charge in [-0.25, -0.2) is 4.39 Å². The van der Waals surface area contributed by atoms with Gasteiger partial charge in [0.2, 0.25) is 0 Å². The van der Waals surface area contributed by atoms with Crippen LogP contribution in [0, 0.1) is 5.82 Å². The van der Waals surface area contributed by atoms with E-state index in [2.05, 4.69) is 0 Å². The van der Waals surface area contributed by atoms with Crippen LogP contribution in [-0.4, -0.2) is 29.9 Å². The number of halogens is 2. The van der Waals surface area contributed by atoms with Gasteiger partial charge in [0.25, 0.3) is 11.7 Å². The smallest absolute Gasteiger partial charge is 0.299 e. The minimum absolute atomic E-state index is 0.147. The molecule has 1 N–H and O–H groups in total. The number of hydrogen-bond acceptors (Lipinski definition) is 3. The number of aliphatic hydroxyl groups excluding tert-OH is 1. The van der Waals surface area contributed by atoms with Crippen molar-refractivity contribution in [3.05, 3.63) is 28.5 Å². The van der Waals surface area contributed by atoms with Gasteiger partial charge < -0.3 is 10.0 Å². The first kappa shape index (κ1) is 14.9. The van der Waals surface area contributed by atoms with Gasteiger partial charge >= 0.3 is 0 Å². The van der Waals surface area contributed by atoms with Crippen molar-refractivity contribution in [3.63, 3.8) is 0 Å². The molecule has 0 radical (unpaired) electrons. The van der Waals surface area contributed by atoms with Gasteiger partial charge in [-0.05, 0) is 25.0 Å². The zero-order chi connectivity index (χ0) is 14.7. The van der Waals surface area contributed by atoms with Gasteiger partial charge in [-0.15, -0.1) is 0 Å². The van der Waals surface area contributed by atoms with Gasteiger partial charge in [-0.2, -0.15) is 0 Å². The molecule has 20 heavy (non-hydrogen) atoms. The molecule has 0 saturated heterocycles. The Morgan fingerprint density at radius 3 is 2.55 bits per heavy atom. The minimum Gasteiger partial charge on any atom is -0.396 e. The van der Waals surface area contributed by atoms with Crippen molar-refractivity contribution in [3.8, 4) is 0 Å². The average Bonchev–Trinajstić information content (AvgIpc) is 2.64. The van der Waals surface area contributed by atoms with E-state index in [1.807, 2.05) is 0 Å². The number of rotatable bonds is 6. The first-order valence-corrected chi connectivity index (χ1v) is 6.90. The number of carbonyl (C=O) groups excluding carboxylic acids is 2. The van der Waals surface area contributed by atoms with E-state index in [1.54, 1.807) is 0 Å². The Kier molecular flexibility index (Phi) is 4.73. The van der Waals surface area contributed by atoms with E-state index in [0.717, 1.165) is 18.9 Å². The summed E-state index contributed by atoms with van der Waals surface area (Å²) in [4.78, 5) is 25.0. The number of amides is 1. The number of nitrogens with zero attached hydrogens (tertiary/aromatic N) is 1. The largest absolute Gasteiger partial charge is 0.396 e. The number of benzene rings is 1. The lowest BCUT2D eigenvalue weighted by molar-refractivity contribution is -0.114. The molecule has 0 saturated carbocycles. The Morgan fingerprint density at radius 1 is 1.15 bits per heavy atom. The number of ketones is 1. The summed E-state index contributed by atoms with van der Waals surface area (Å²) in [5.41, 5.74) is 0.459. The van der Waals surface area contributed by atoms with E-state index < -0.39 is 17.5 Å². The Labute approximate surface area is 121 Å². The Balaban J connectivity index is 2.10. The SMILES string of the molecule is O=C1C(=O)N(CCCCCCO)c2cc(F)c(Cl)cc21. The quantitative estimate of drug-likeness (QED) is 0.649. The van der Waals surface area contributed by atoms with Crippen molar-refractivity contribution in [1.82, 2.24) is 0 Å². The summed E-state index contributed by atoms with van der Waals surface area (Å²) in [5.74, 6) is -1.92. The number of hydrogen-bond donors (Lipinski definition) is 1. The molecule has 0 spiro atoms. The van der Waals surface area contributed by atoms with Crippen LogP contribution >= 0.6 is 11.6 Å². The molecule has 2 rings (SSSR count). The van der Waals surface area contributed by atoms with Crippen molar-refractivity contribution < 1.29 is 19.1 Å². The van der Waals surface area contributed by atoms with Crippen LogP contribution in [0.3, 0.4) is 0 Å². The molecule has 4 nitrogen and oxygen atoms in total. The van der Waals surface area contributed by atoms with Gasteiger partial charge in [-0.1, -0.05) is 24.4 Å².